The molecular weight excluding hydrogens is 338 g/mol. The summed E-state index contributed by atoms with van der Waals surface area (Å²) in [6.45, 7) is 2.41. The maximum absolute atomic E-state index is 12.9. The zero-order valence-electron chi connectivity index (χ0n) is 15.6. The van der Waals surface area contributed by atoms with Crippen molar-refractivity contribution in [1.82, 2.24) is 4.90 Å². The number of esters is 1. The molecule has 26 heavy (non-hydrogen) atoms. The van der Waals surface area contributed by atoms with E-state index in [-0.39, 0.29) is 17.1 Å². The van der Waals surface area contributed by atoms with Crippen LogP contribution in [0.1, 0.15) is 12.5 Å². The molecule has 1 amide bonds. The molecule has 0 saturated heterocycles. The molecule has 0 spiro atoms. The molecule has 0 aliphatic carbocycles. The number of methoxy groups -OCH3 is 4. The topological polar surface area (TPSA) is 74.3 Å². The van der Waals surface area contributed by atoms with E-state index < -0.39 is 5.97 Å². The van der Waals surface area contributed by atoms with Gasteiger partial charge in [-0.15, -0.1) is 0 Å². The van der Waals surface area contributed by atoms with E-state index in [1.165, 1.54) is 19.1 Å². The summed E-state index contributed by atoms with van der Waals surface area (Å²) >= 11 is 0. The maximum Gasteiger partial charge on any atom is 0.340 e. The van der Waals surface area contributed by atoms with Gasteiger partial charge >= 0.3 is 5.97 Å². The minimum atomic E-state index is -0.566. The molecule has 1 heterocycles. The summed E-state index contributed by atoms with van der Waals surface area (Å²) in [4.78, 5) is 26.7. The van der Waals surface area contributed by atoms with Gasteiger partial charge in [0.25, 0.3) is 5.91 Å². The number of carbonyl (C=O) groups is 2. The van der Waals surface area contributed by atoms with Crippen LogP contribution in [0.15, 0.2) is 35.0 Å². The molecule has 1 aromatic carbocycles. The van der Waals surface area contributed by atoms with Gasteiger partial charge in [-0.2, -0.15) is 0 Å². The average Bonchev–Trinajstić information content (AvgIpc) is 2.89. The van der Waals surface area contributed by atoms with Crippen LogP contribution in [0.2, 0.25) is 0 Å². The molecule has 0 atom stereocenters. The van der Waals surface area contributed by atoms with Crippen molar-refractivity contribution in [2.45, 2.75) is 6.92 Å². The van der Waals surface area contributed by atoms with Crippen LogP contribution in [0, 0.1) is 0 Å². The fourth-order valence-electron chi connectivity index (χ4n) is 2.79. The first kappa shape index (κ1) is 19.5. The molecule has 1 aliphatic heterocycles. The van der Waals surface area contributed by atoms with Crippen LogP contribution < -0.4 is 9.47 Å². The summed E-state index contributed by atoms with van der Waals surface area (Å²) in [6, 6.07) is 5.23. The SMILES string of the molecule is COCCN1C(=O)/C(=C\c2cc(OC)ccc2OC)C(C(=O)OC)=C1C. The Kier molecular flexibility index (Phi) is 6.41. The van der Waals surface area contributed by atoms with Crippen molar-refractivity contribution in [3.05, 3.63) is 40.6 Å². The standard InChI is InChI=1S/C19H23NO6/c1-12-17(19(22)26-5)15(18(21)20(12)8-9-23-2)11-13-10-14(24-3)6-7-16(13)25-4/h6-7,10-11H,8-9H2,1-5H3/b15-11-. The molecule has 0 bridgehead atoms. The third kappa shape index (κ3) is 3.72. The van der Waals surface area contributed by atoms with Gasteiger partial charge in [0.05, 0.1) is 39.1 Å². The second-order valence-electron chi connectivity index (χ2n) is 5.57. The van der Waals surface area contributed by atoms with Gasteiger partial charge in [-0.05, 0) is 31.2 Å². The second kappa shape index (κ2) is 8.53. The number of hydrogen-bond acceptors (Lipinski definition) is 6. The van der Waals surface area contributed by atoms with Gasteiger partial charge in [0.15, 0.2) is 0 Å². The molecule has 1 aromatic rings. The lowest BCUT2D eigenvalue weighted by atomic mass is 10.0. The number of hydrogen-bond donors (Lipinski definition) is 0. The lowest BCUT2D eigenvalue weighted by Crippen LogP contribution is -2.28. The van der Waals surface area contributed by atoms with Crippen molar-refractivity contribution in [2.75, 3.05) is 41.6 Å². The Labute approximate surface area is 152 Å². The molecule has 0 fully saturated rings. The summed E-state index contributed by atoms with van der Waals surface area (Å²) in [7, 11) is 5.93. The molecule has 1 aliphatic rings. The van der Waals surface area contributed by atoms with Crippen LogP contribution >= 0.6 is 0 Å². The largest absolute Gasteiger partial charge is 0.497 e. The first-order chi connectivity index (χ1) is 12.5. The van der Waals surface area contributed by atoms with Crippen molar-refractivity contribution in [1.29, 1.82) is 0 Å². The molecule has 0 saturated carbocycles. The lowest BCUT2D eigenvalue weighted by molar-refractivity contribution is -0.136. The number of benzene rings is 1. The minimum Gasteiger partial charge on any atom is -0.497 e. The minimum absolute atomic E-state index is 0.235. The molecule has 0 radical (unpaired) electrons. The Hall–Kier alpha value is -2.80. The molecule has 7 nitrogen and oxygen atoms in total. The highest BCUT2D eigenvalue weighted by Crippen LogP contribution is 2.34. The molecule has 7 heteroatoms. The summed E-state index contributed by atoms with van der Waals surface area (Å²) in [5, 5.41) is 0. The van der Waals surface area contributed by atoms with E-state index in [4.69, 9.17) is 18.9 Å². The fraction of sp³-hybridized carbons (Fsp3) is 0.368. The molecular formula is C19H23NO6. The summed E-state index contributed by atoms with van der Waals surface area (Å²) in [6.07, 6.45) is 1.62. The number of ether oxygens (including phenoxy) is 4. The smallest absolute Gasteiger partial charge is 0.340 e. The second-order valence-corrected chi connectivity index (χ2v) is 5.57. The molecule has 0 N–H and O–H groups in total. The van der Waals surface area contributed by atoms with Crippen molar-refractivity contribution in [3.8, 4) is 11.5 Å². The number of amides is 1. The average molecular weight is 361 g/mol. The Balaban J connectivity index is 2.57. The quantitative estimate of drug-likeness (QED) is 0.546. The molecule has 2 rings (SSSR count). The fourth-order valence-corrected chi connectivity index (χ4v) is 2.79. The zero-order valence-corrected chi connectivity index (χ0v) is 15.6. The first-order valence-electron chi connectivity index (χ1n) is 8.02. The van der Waals surface area contributed by atoms with Crippen LogP contribution in [-0.2, 0) is 19.1 Å². The Bertz CT molecular complexity index is 765. The van der Waals surface area contributed by atoms with Crippen molar-refractivity contribution in [2.24, 2.45) is 0 Å². The number of nitrogens with zero attached hydrogens (tertiary/aromatic N) is 1. The maximum atomic E-state index is 12.9. The van der Waals surface area contributed by atoms with Crippen molar-refractivity contribution < 1.29 is 28.5 Å². The monoisotopic (exact) mass is 361 g/mol. The summed E-state index contributed by atoms with van der Waals surface area (Å²) in [5.41, 5.74) is 1.64. The third-order valence-electron chi connectivity index (χ3n) is 4.16. The number of carbonyl (C=O) groups excluding carboxylic acids is 2. The Morgan fingerprint density at radius 3 is 2.46 bits per heavy atom. The van der Waals surface area contributed by atoms with Crippen molar-refractivity contribution >= 4 is 18.0 Å². The summed E-state index contributed by atoms with van der Waals surface area (Å²) < 4.78 is 20.5. The first-order valence-corrected chi connectivity index (χ1v) is 8.02. The van der Waals surface area contributed by atoms with Gasteiger partial charge in [0.2, 0.25) is 0 Å². The summed E-state index contributed by atoms with van der Waals surface area (Å²) in [5.74, 6) is 0.316. The predicted octanol–water partition coefficient (Wildman–Crippen LogP) is 2.02. The Morgan fingerprint density at radius 1 is 1.15 bits per heavy atom. The van der Waals surface area contributed by atoms with Crippen molar-refractivity contribution in [3.63, 3.8) is 0 Å². The van der Waals surface area contributed by atoms with Gasteiger partial charge in [0, 0.05) is 24.9 Å². The van der Waals surface area contributed by atoms with E-state index in [2.05, 4.69) is 0 Å². The lowest BCUT2D eigenvalue weighted by Gasteiger charge is -2.16. The highest BCUT2D eigenvalue weighted by Gasteiger charge is 2.36. The van der Waals surface area contributed by atoms with E-state index >= 15 is 0 Å². The van der Waals surface area contributed by atoms with Crippen LogP contribution in [0.5, 0.6) is 11.5 Å². The van der Waals surface area contributed by atoms with E-state index in [0.29, 0.717) is 35.9 Å². The predicted molar refractivity (Wildman–Crippen MR) is 95.8 cm³/mol. The van der Waals surface area contributed by atoms with E-state index in [1.54, 1.807) is 45.4 Å². The van der Waals surface area contributed by atoms with Crippen LogP contribution in [0.3, 0.4) is 0 Å². The van der Waals surface area contributed by atoms with Gasteiger partial charge in [-0.3, -0.25) is 4.79 Å². The van der Waals surface area contributed by atoms with Crippen LogP contribution in [-0.4, -0.2) is 58.4 Å². The third-order valence-corrected chi connectivity index (χ3v) is 4.16. The normalized spacial score (nSPS) is 15.7. The number of rotatable bonds is 7. The molecule has 0 aromatic heterocycles. The van der Waals surface area contributed by atoms with Crippen LogP contribution in [0.4, 0.5) is 0 Å². The number of allylic oxidation sites excluding steroid dienone is 1. The highest BCUT2D eigenvalue weighted by molar-refractivity contribution is 6.16. The molecule has 0 unspecified atom stereocenters. The van der Waals surface area contributed by atoms with Gasteiger partial charge in [0.1, 0.15) is 11.5 Å². The zero-order chi connectivity index (χ0) is 19.3. The Morgan fingerprint density at radius 2 is 1.88 bits per heavy atom. The van der Waals surface area contributed by atoms with E-state index in [9.17, 15) is 9.59 Å². The van der Waals surface area contributed by atoms with Gasteiger partial charge < -0.3 is 23.8 Å². The van der Waals surface area contributed by atoms with E-state index in [1.807, 2.05) is 0 Å². The van der Waals surface area contributed by atoms with Gasteiger partial charge in [-0.1, -0.05) is 0 Å². The van der Waals surface area contributed by atoms with Gasteiger partial charge in [-0.25, -0.2) is 4.79 Å². The van der Waals surface area contributed by atoms with Crippen LogP contribution in [0.25, 0.3) is 6.08 Å². The molecule has 140 valence electrons. The van der Waals surface area contributed by atoms with E-state index in [0.717, 1.165) is 0 Å². The highest BCUT2D eigenvalue weighted by atomic mass is 16.5.